The summed E-state index contributed by atoms with van der Waals surface area (Å²) < 4.78 is 19.4. The van der Waals surface area contributed by atoms with Gasteiger partial charge in [0.1, 0.15) is 24.4 Å². The normalized spacial score (nSPS) is 43.9. The van der Waals surface area contributed by atoms with Crippen LogP contribution in [0.2, 0.25) is 0 Å². The van der Waals surface area contributed by atoms with Crippen molar-refractivity contribution in [2.24, 2.45) is 0 Å². The summed E-state index contributed by atoms with van der Waals surface area (Å²) in [5.41, 5.74) is 0. The monoisotopic (exact) mass is 244 g/mol. The van der Waals surface area contributed by atoms with Gasteiger partial charge in [-0.3, -0.25) is 9.09 Å². The van der Waals surface area contributed by atoms with Gasteiger partial charge < -0.3 is 30.1 Å². The Hall–Kier alpha value is -0.0500. The second-order valence-electron chi connectivity index (χ2n) is 3.08. The summed E-state index contributed by atoms with van der Waals surface area (Å²) in [6, 6.07) is 0. The molecule has 1 fully saturated rings. The van der Waals surface area contributed by atoms with E-state index in [0.717, 1.165) is 0 Å². The molecule has 3 unspecified atom stereocenters. The molecule has 15 heavy (non-hydrogen) atoms. The zero-order chi connectivity index (χ0) is 11.6. The van der Waals surface area contributed by atoms with Crippen LogP contribution in [0, 0.1) is 0 Å². The van der Waals surface area contributed by atoms with Crippen molar-refractivity contribution in [3.8, 4) is 0 Å². The Morgan fingerprint density at radius 1 is 1.20 bits per heavy atom. The second kappa shape index (κ2) is 5.33. The number of aliphatic hydroxyl groups excluding tert-OH is 4. The van der Waals surface area contributed by atoms with Gasteiger partial charge in [0, 0.05) is 0 Å². The zero-order valence-corrected chi connectivity index (χ0v) is 8.55. The summed E-state index contributed by atoms with van der Waals surface area (Å²) in [5.74, 6) is 0. The SMILES string of the molecule is O=[PH](O)O[C@H]1OC(CO)[C@@H](O)[C@H](O)C1O. The van der Waals surface area contributed by atoms with Crippen LogP contribution < -0.4 is 0 Å². The van der Waals surface area contributed by atoms with Crippen LogP contribution in [-0.4, -0.2) is 62.6 Å². The first kappa shape index (κ1) is 13.0. The van der Waals surface area contributed by atoms with Gasteiger partial charge in [0.15, 0.2) is 6.29 Å². The van der Waals surface area contributed by atoms with Crippen molar-refractivity contribution >= 4 is 8.25 Å². The molecule has 0 aromatic rings. The molecule has 6 atom stereocenters. The second-order valence-corrected chi connectivity index (χ2v) is 3.85. The van der Waals surface area contributed by atoms with Gasteiger partial charge in [0.2, 0.25) is 0 Å². The molecule has 1 aliphatic heterocycles. The average molecular weight is 244 g/mol. The predicted molar refractivity (Wildman–Crippen MR) is 46.1 cm³/mol. The van der Waals surface area contributed by atoms with Crippen LogP contribution >= 0.6 is 8.25 Å². The lowest BCUT2D eigenvalue weighted by Gasteiger charge is -2.38. The molecule has 1 rings (SSSR count). The van der Waals surface area contributed by atoms with E-state index in [-0.39, 0.29) is 0 Å². The van der Waals surface area contributed by atoms with Crippen LogP contribution in [0.25, 0.3) is 0 Å². The Kier molecular flexibility index (Phi) is 4.63. The molecule has 0 bridgehead atoms. The van der Waals surface area contributed by atoms with E-state index < -0.39 is 45.6 Å². The third-order valence-electron chi connectivity index (χ3n) is 2.07. The molecule has 0 saturated carbocycles. The highest BCUT2D eigenvalue weighted by Gasteiger charge is 2.44. The summed E-state index contributed by atoms with van der Waals surface area (Å²) in [4.78, 5) is 8.46. The smallest absolute Gasteiger partial charge is 0.318 e. The summed E-state index contributed by atoms with van der Waals surface area (Å²) in [7, 11) is -3.35. The summed E-state index contributed by atoms with van der Waals surface area (Å²) in [5, 5.41) is 36.6. The van der Waals surface area contributed by atoms with Gasteiger partial charge in [0.05, 0.1) is 6.61 Å². The molecule has 0 aromatic carbocycles. The highest BCUT2D eigenvalue weighted by molar-refractivity contribution is 7.32. The fourth-order valence-corrected chi connectivity index (χ4v) is 1.66. The minimum Gasteiger partial charge on any atom is -0.394 e. The van der Waals surface area contributed by atoms with Gasteiger partial charge in [-0.15, -0.1) is 0 Å². The highest BCUT2D eigenvalue weighted by atomic mass is 31.1. The maximum atomic E-state index is 10.4. The average Bonchev–Trinajstić information content (AvgIpc) is 2.18. The first-order valence-electron chi connectivity index (χ1n) is 4.17. The first-order valence-corrected chi connectivity index (χ1v) is 5.44. The topological polar surface area (TPSA) is 137 Å². The molecule has 8 nitrogen and oxygen atoms in total. The Morgan fingerprint density at radius 3 is 2.27 bits per heavy atom. The van der Waals surface area contributed by atoms with E-state index in [1.54, 1.807) is 0 Å². The van der Waals surface area contributed by atoms with E-state index in [1.165, 1.54) is 0 Å². The zero-order valence-electron chi connectivity index (χ0n) is 7.55. The third-order valence-corrected chi connectivity index (χ3v) is 2.50. The van der Waals surface area contributed by atoms with Gasteiger partial charge in [0.25, 0.3) is 0 Å². The maximum Gasteiger partial charge on any atom is 0.318 e. The Morgan fingerprint density at radius 2 is 1.80 bits per heavy atom. The van der Waals surface area contributed by atoms with Crippen LogP contribution in [0.1, 0.15) is 0 Å². The van der Waals surface area contributed by atoms with Crippen molar-refractivity contribution < 1.29 is 39.1 Å². The van der Waals surface area contributed by atoms with Gasteiger partial charge in [-0.05, 0) is 0 Å². The van der Waals surface area contributed by atoms with E-state index >= 15 is 0 Å². The standard InChI is InChI=1S/C6H13O8P/c7-1-2-3(8)4(9)5(10)6(13-2)14-15(11)12/h2-10,15H,1H2,(H,11,12)/t2?,3-,4+,5?,6-/m1/s1. The van der Waals surface area contributed by atoms with E-state index in [4.69, 9.17) is 14.7 Å². The number of rotatable bonds is 3. The molecule has 90 valence electrons. The highest BCUT2D eigenvalue weighted by Crippen LogP contribution is 2.28. The lowest BCUT2D eigenvalue weighted by Crippen LogP contribution is -2.58. The minimum atomic E-state index is -3.35. The molecule has 0 spiro atoms. The van der Waals surface area contributed by atoms with Crippen molar-refractivity contribution in [3.05, 3.63) is 0 Å². The van der Waals surface area contributed by atoms with Gasteiger partial charge in [-0.25, -0.2) is 0 Å². The van der Waals surface area contributed by atoms with Crippen LogP contribution in [0.5, 0.6) is 0 Å². The molecular weight excluding hydrogens is 231 g/mol. The van der Waals surface area contributed by atoms with Gasteiger partial charge >= 0.3 is 8.25 Å². The molecule has 1 saturated heterocycles. The first-order chi connectivity index (χ1) is 6.97. The van der Waals surface area contributed by atoms with E-state index in [1.807, 2.05) is 0 Å². The largest absolute Gasteiger partial charge is 0.394 e. The molecule has 0 aliphatic carbocycles. The molecule has 1 aliphatic rings. The minimum absolute atomic E-state index is 0.614. The quantitative estimate of drug-likeness (QED) is 0.335. The van der Waals surface area contributed by atoms with Crippen molar-refractivity contribution in [3.63, 3.8) is 0 Å². The molecule has 5 N–H and O–H groups in total. The number of ether oxygens (including phenoxy) is 1. The fraction of sp³-hybridized carbons (Fsp3) is 1.00. The molecule has 0 amide bonds. The molecule has 0 radical (unpaired) electrons. The number of hydrogen-bond acceptors (Lipinski definition) is 7. The van der Waals surface area contributed by atoms with Gasteiger partial charge in [-0.1, -0.05) is 0 Å². The van der Waals surface area contributed by atoms with Crippen LogP contribution in [-0.2, 0) is 13.8 Å². The van der Waals surface area contributed by atoms with E-state index in [2.05, 4.69) is 4.52 Å². The molecule has 1 heterocycles. The Labute approximate surface area is 85.6 Å². The predicted octanol–water partition coefficient (Wildman–Crippen LogP) is -2.82. The summed E-state index contributed by atoms with van der Waals surface area (Å²) in [6.07, 6.45) is -7.45. The fourth-order valence-electron chi connectivity index (χ4n) is 1.26. The Balaban J connectivity index is 2.69. The summed E-state index contributed by atoms with van der Waals surface area (Å²) in [6.45, 7) is -0.614. The van der Waals surface area contributed by atoms with Crippen LogP contribution in [0.4, 0.5) is 0 Å². The Bertz CT molecular complexity index is 233. The molecular formula is C6H13O8P. The van der Waals surface area contributed by atoms with Crippen molar-refractivity contribution in [2.75, 3.05) is 6.61 Å². The van der Waals surface area contributed by atoms with Crippen molar-refractivity contribution in [2.45, 2.75) is 30.7 Å². The number of aliphatic hydroxyl groups is 4. The van der Waals surface area contributed by atoms with Crippen molar-refractivity contribution in [1.82, 2.24) is 0 Å². The third kappa shape index (κ3) is 2.96. The summed E-state index contributed by atoms with van der Waals surface area (Å²) >= 11 is 0. The van der Waals surface area contributed by atoms with E-state index in [9.17, 15) is 19.9 Å². The molecule has 9 heteroatoms. The van der Waals surface area contributed by atoms with Gasteiger partial charge in [-0.2, -0.15) is 0 Å². The maximum absolute atomic E-state index is 10.4. The lowest BCUT2D eigenvalue weighted by atomic mass is 10.00. The van der Waals surface area contributed by atoms with Crippen LogP contribution in [0.3, 0.4) is 0 Å². The lowest BCUT2D eigenvalue weighted by molar-refractivity contribution is -0.277. The van der Waals surface area contributed by atoms with Crippen molar-refractivity contribution in [1.29, 1.82) is 0 Å². The molecule has 0 aromatic heterocycles. The van der Waals surface area contributed by atoms with Crippen LogP contribution in [0.15, 0.2) is 0 Å². The number of hydrogen-bond donors (Lipinski definition) is 5. The van der Waals surface area contributed by atoms with E-state index in [0.29, 0.717) is 0 Å².